The molecule has 0 saturated heterocycles. The van der Waals surface area contributed by atoms with E-state index in [1.165, 1.54) is 6.07 Å². The smallest absolute Gasteiger partial charge is 0.133 e. The van der Waals surface area contributed by atoms with Gasteiger partial charge in [0.2, 0.25) is 0 Å². The van der Waals surface area contributed by atoms with Crippen LogP contribution in [0.1, 0.15) is 17.2 Å². The molecule has 0 heterocycles. The second kappa shape index (κ2) is 6.77. The van der Waals surface area contributed by atoms with Gasteiger partial charge >= 0.3 is 0 Å². The van der Waals surface area contributed by atoms with Crippen molar-refractivity contribution < 1.29 is 13.9 Å². The van der Waals surface area contributed by atoms with Crippen molar-refractivity contribution in [2.24, 2.45) is 5.73 Å². The van der Waals surface area contributed by atoms with Crippen LogP contribution in [0.25, 0.3) is 0 Å². The van der Waals surface area contributed by atoms with Crippen molar-refractivity contribution in [3.8, 4) is 11.5 Å². The van der Waals surface area contributed by atoms with Crippen LogP contribution in [0, 0.1) is 5.82 Å². The van der Waals surface area contributed by atoms with E-state index in [0.29, 0.717) is 27.1 Å². The maximum absolute atomic E-state index is 14.1. The molecule has 3 nitrogen and oxygen atoms in total. The van der Waals surface area contributed by atoms with E-state index in [4.69, 9.17) is 15.2 Å². The number of hydrogen-bond donors (Lipinski definition) is 1. The predicted molar refractivity (Wildman–Crippen MR) is 87.4 cm³/mol. The Morgan fingerprint density at radius 1 is 1.05 bits per heavy atom. The molecule has 1 unspecified atom stereocenters. The Hall–Kier alpha value is -1.11. The van der Waals surface area contributed by atoms with Gasteiger partial charge in [-0.3, -0.25) is 0 Å². The standard InChI is InChI=1S/C15H14Br2FNO2/c1-20-12-7-10(17)13(21-2)6-8(12)15(19)14-9(16)4-3-5-11(14)18/h3-7,15H,19H2,1-2H3. The number of hydrogen-bond acceptors (Lipinski definition) is 3. The lowest BCUT2D eigenvalue weighted by Gasteiger charge is -2.19. The fourth-order valence-electron chi connectivity index (χ4n) is 2.09. The zero-order valence-electron chi connectivity index (χ0n) is 11.5. The van der Waals surface area contributed by atoms with Gasteiger partial charge in [-0.1, -0.05) is 22.0 Å². The third kappa shape index (κ3) is 3.22. The van der Waals surface area contributed by atoms with Crippen molar-refractivity contribution >= 4 is 31.9 Å². The van der Waals surface area contributed by atoms with Crippen LogP contribution in [0.2, 0.25) is 0 Å². The number of rotatable bonds is 4. The number of benzene rings is 2. The van der Waals surface area contributed by atoms with Crippen molar-refractivity contribution in [2.45, 2.75) is 6.04 Å². The first kappa shape index (κ1) is 16.3. The van der Waals surface area contributed by atoms with Crippen molar-refractivity contribution in [1.82, 2.24) is 0 Å². The molecule has 0 aliphatic heterocycles. The van der Waals surface area contributed by atoms with E-state index in [2.05, 4.69) is 31.9 Å². The summed E-state index contributed by atoms with van der Waals surface area (Å²) in [5, 5.41) is 0. The molecule has 2 aromatic rings. The van der Waals surface area contributed by atoms with Crippen molar-refractivity contribution in [2.75, 3.05) is 14.2 Å². The summed E-state index contributed by atoms with van der Waals surface area (Å²) in [6, 6.07) is 7.56. The van der Waals surface area contributed by atoms with Crippen LogP contribution < -0.4 is 15.2 Å². The van der Waals surface area contributed by atoms with Crippen molar-refractivity contribution in [1.29, 1.82) is 0 Å². The Morgan fingerprint density at radius 3 is 2.29 bits per heavy atom. The molecule has 0 spiro atoms. The Morgan fingerprint density at radius 2 is 1.71 bits per heavy atom. The molecule has 2 rings (SSSR count). The summed E-state index contributed by atoms with van der Waals surface area (Å²) in [5.41, 5.74) is 7.26. The molecule has 0 aliphatic rings. The highest BCUT2D eigenvalue weighted by Crippen LogP contribution is 2.39. The summed E-state index contributed by atoms with van der Waals surface area (Å²) in [4.78, 5) is 0. The molecular weight excluding hydrogens is 405 g/mol. The third-order valence-corrected chi connectivity index (χ3v) is 4.46. The third-order valence-electron chi connectivity index (χ3n) is 3.15. The van der Waals surface area contributed by atoms with Gasteiger partial charge in [-0.15, -0.1) is 0 Å². The summed E-state index contributed by atoms with van der Waals surface area (Å²) in [6.07, 6.45) is 0. The van der Waals surface area contributed by atoms with Gasteiger partial charge in [0.1, 0.15) is 17.3 Å². The zero-order valence-corrected chi connectivity index (χ0v) is 14.7. The van der Waals surface area contributed by atoms with Gasteiger partial charge in [0, 0.05) is 15.6 Å². The molecule has 0 saturated carbocycles. The van der Waals surface area contributed by atoms with Crippen LogP contribution in [-0.4, -0.2) is 14.2 Å². The second-order valence-corrected chi connectivity index (χ2v) is 6.05. The van der Waals surface area contributed by atoms with E-state index in [9.17, 15) is 4.39 Å². The maximum atomic E-state index is 14.1. The van der Waals surface area contributed by atoms with E-state index in [1.807, 2.05) is 0 Å². The normalized spacial score (nSPS) is 12.1. The van der Waals surface area contributed by atoms with Crippen LogP contribution in [0.15, 0.2) is 39.3 Å². The lowest BCUT2D eigenvalue weighted by Crippen LogP contribution is -2.15. The number of halogens is 3. The Bertz CT molecular complexity index is 644. The Balaban J connectivity index is 2.59. The first-order valence-electron chi connectivity index (χ1n) is 6.10. The number of methoxy groups -OCH3 is 2. The maximum Gasteiger partial charge on any atom is 0.133 e. The van der Waals surface area contributed by atoms with E-state index < -0.39 is 6.04 Å². The molecule has 0 bridgehead atoms. The second-order valence-electron chi connectivity index (χ2n) is 4.34. The molecule has 6 heteroatoms. The Kier molecular flexibility index (Phi) is 5.24. The molecule has 0 aromatic heterocycles. The summed E-state index contributed by atoms with van der Waals surface area (Å²) in [5.74, 6) is 0.792. The fraction of sp³-hybridized carbons (Fsp3) is 0.200. The van der Waals surface area contributed by atoms with Crippen LogP contribution in [0.5, 0.6) is 11.5 Å². The van der Waals surface area contributed by atoms with Gasteiger partial charge < -0.3 is 15.2 Å². The minimum absolute atomic E-state index is 0.374. The highest BCUT2D eigenvalue weighted by atomic mass is 79.9. The molecule has 2 N–H and O–H groups in total. The summed E-state index contributed by atoms with van der Waals surface area (Å²) >= 11 is 6.73. The average molecular weight is 419 g/mol. The lowest BCUT2D eigenvalue weighted by molar-refractivity contribution is 0.394. The van der Waals surface area contributed by atoms with Crippen LogP contribution in [0.4, 0.5) is 4.39 Å². The van der Waals surface area contributed by atoms with Gasteiger partial charge in [-0.05, 0) is 40.2 Å². The van der Waals surface area contributed by atoms with Crippen LogP contribution in [0.3, 0.4) is 0 Å². The predicted octanol–water partition coefficient (Wildman–Crippen LogP) is 4.42. The van der Waals surface area contributed by atoms with E-state index >= 15 is 0 Å². The van der Waals surface area contributed by atoms with E-state index in [1.54, 1.807) is 38.5 Å². The van der Waals surface area contributed by atoms with Crippen LogP contribution >= 0.6 is 31.9 Å². The molecule has 0 fully saturated rings. The molecule has 112 valence electrons. The summed E-state index contributed by atoms with van der Waals surface area (Å²) < 4.78 is 26.1. The quantitative estimate of drug-likeness (QED) is 0.799. The highest BCUT2D eigenvalue weighted by Gasteiger charge is 2.22. The largest absolute Gasteiger partial charge is 0.496 e. The molecule has 0 amide bonds. The van der Waals surface area contributed by atoms with Gasteiger partial charge in [-0.25, -0.2) is 4.39 Å². The minimum Gasteiger partial charge on any atom is -0.496 e. The van der Waals surface area contributed by atoms with Gasteiger partial charge in [-0.2, -0.15) is 0 Å². The monoisotopic (exact) mass is 417 g/mol. The minimum atomic E-state index is -0.683. The first-order valence-corrected chi connectivity index (χ1v) is 7.69. The van der Waals surface area contributed by atoms with Gasteiger partial charge in [0.05, 0.1) is 24.7 Å². The highest BCUT2D eigenvalue weighted by molar-refractivity contribution is 9.10. The number of ether oxygens (including phenoxy) is 2. The SMILES string of the molecule is COc1cc(C(N)c2c(F)cccc2Br)c(OC)cc1Br. The van der Waals surface area contributed by atoms with Gasteiger partial charge in [0.15, 0.2) is 0 Å². The summed E-state index contributed by atoms with van der Waals surface area (Å²) in [6.45, 7) is 0. The molecular formula is C15H14Br2FNO2. The van der Waals surface area contributed by atoms with E-state index in [-0.39, 0.29) is 5.82 Å². The molecule has 21 heavy (non-hydrogen) atoms. The van der Waals surface area contributed by atoms with Gasteiger partial charge in [0.25, 0.3) is 0 Å². The zero-order chi connectivity index (χ0) is 15.6. The molecule has 0 radical (unpaired) electrons. The van der Waals surface area contributed by atoms with E-state index in [0.717, 1.165) is 4.47 Å². The lowest BCUT2D eigenvalue weighted by atomic mass is 9.98. The van der Waals surface area contributed by atoms with Crippen molar-refractivity contribution in [3.63, 3.8) is 0 Å². The first-order chi connectivity index (χ1) is 9.99. The fourth-order valence-corrected chi connectivity index (χ4v) is 3.16. The molecule has 1 atom stereocenters. The number of nitrogens with two attached hydrogens (primary N) is 1. The molecule has 0 aliphatic carbocycles. The topological polar surface area (TPSA) is 44.5 Å². The Labute approximate surface area is 139 Å². The average Bonchev–Trinajstić information content (AvgIpc) is 2.46. The van der Waals surface area contributed by atoms with Crippen LogP contribution in [-0.2, 0) is 0 Å². The summed E-state index contributed by atoms with van der Waals surface area (Å²) in [7, 11) is 3.10. The molecule has 2 aromatic carbocycles. The van der Waals surface area contributed by atoms with Crippen molar-refractivity contribution in [3.05, 3.63) is 56.2 Å².